The highest BCUT2D eigenvalue weighted by Crippen LogP contribution is 2.35. The highest BCUT2D eigenvalue weighted by Gasteiger charge is 2.36. The van der Waals surface area contributed by atoms with Crippen LogP contribution in [0.15, 0.2) is 24.3 Å². The monoisotopic (exact) mass is 378 g/mol. The van der Waals surface area contributed by atoms with Crippen LogP contribution in [0.4, 0.5) is 0 Å². The van der Waals surface area contributed by atoms with Crippen LogP contribution >= 0.6 is 0 Å². The van der Waals surface area contributed by atoms with Gasteiger partial charge in [-0.3, -0.25) is 0 Å². The van der Waals surface area contributed by atoms with Crippen LogP contribution in [0.25, 0.3) is 0 Å². The first-order chi connectivity index (χ1) is 12.1. The molecule has 0 unspecified atom stereocenters. The summed E-state index contributed by atoms with van der Waals surface area (Å²) < 4.78 is 12.8. The summed E-state index contributed by atoms with van der Waals surface area (Å²) >= 11 is 0. The summed E-state index contributed by atoms with van der Waals surface area (Å²) in [7, 11) is -1.94. The van der Waals surface area contributed by atoms with Crippen molar-refractivity contribution in [3.63, 3.8) is 0 Å². The summed E-state index contributed by atoms with van der Waals surface area (Å²) in [6.07, 6.45) is 3.39. The lowest BCUT2D eigenvalue weighted by molar-refractivity contribution is -0.0134. The lowest BCUT2D eigenvalue weighted by Crippen LogP contribution is -2.49. The predicted molar refractivity (Wildman–Crippen MR) is 117 cm³/mol. The van der Waals surface area contributed by atoms with Crippen LogP contribution in [0.5, 0.6) is 0 Å². The highest BCUT2D eigenvalue weighted by atomic mass is 28.4. The van der Waals surface area contributed by atoms with Crippen molar-refractivity contribution in [1.29, 1.82) is 0 Å². The number of rotatable bonds is 12. The third-order valence-corrected chi connectivity index (χ3v) is 7.70. The molecule has 0 atom stereocenters. The molecule has 0 heterocycles. The minimum absolute atomic E-state index is 0.116. The second-order valence-electron chi connectivity index (χ2n) is 9.36. The van der Waals surface area contributed by atoms with E-state index in [1.165, 1.54) is 10.8 Å². The molecule has 0 radical (unpaired) electrons. The Morgan fingerprint density at radius 2 is 1.54 bits per heavy atom. The van der Waals surface area contributed by atoms with Crippen LogP contribution < -0.4 is 5.19 Å². The van der Waals surface area contributed by atoms with Crippen molar-refractivity contribution in [3.8, 4) is 0 Å². The normalized spacial score (nSPS) is 13.0. The molecule has 1 aromatic carbocycles. The van der Waals surface area contributed by atoms with Crippen molar-refractivity contribution in [3.05, 3.63) is 29.8 Å². The molecule has 0 fully saturated rings. The maximum atomic E-state index is 6.75. The lowest BCUT2D eigenvalue weighted by Gasteiger charge is -2.39. The van der Waals surface area contributed by atoms with E-state index in [0.717, 1.165) is 39.1 Å². The van der Waals surface area contributed by atoms with Gasteiger partial charge in [0, 0.05) is 18.6 Å². The molecule has 150 valence electrons. The summed E-state index contributed by atoms with van der Waals surface area (Å²) in [5.41, 5.74) is 1.47. The van der Waals surface area contributed by atoms with Crippen LogP contribution in [-0.2, 0) is 9.16 Å². The molecule has 26 heavy (non-hydrogen) atoms. The van der Waals surface area contributed by atoms with Gasteiger partial charge in [-0.25, -0.2) is 0 Å². The number of hydrogen-bond acceptors (Lipinski definition) is 2. The first-order valence-electron chi connectivity index (χ1n) is 10.4. The fraction of sp³-hybridized carbons (Fsp3) is 0.739. The van der Waals surface area contributed by atoms with Gasteiger partial charge in [0.2, 0.25) is 8.32 Å². The van der Waals surface area contributed by atoms with Gasteiger partial charge >= 0.3 is 0 Å². The second-order valence-corrected chi connectivity index (χ2v) is 13.2. The quantitative estimate of drug-likeness (QED) is 0.331. The summed E-state index contributed by atoms with van der Waals surface area (Å²) in [6.45, 7) is 20.8. The average Bonchev–Trinajstić information content (AvgIpc) is 2.52. The van der Waals surface area contributed by atoms with E-state index in [4.69, 9.17) is 9.16 Å². The van der Waals surface area contributed by atoms with Crippen molar-refractivity contribution in [2.45, 2.75) is 73.9 Å². The average molecular weight is 379 g/mol. The predicted octanol–water partition coefficient (Wildman–Crippen LogP) is 5.93. The molecule has 0 aliphatic heterocycles. The highest BCUT2D eigenvalue weighted by molar-refractivity contribution is 6.84. The molecule has 0 saturated carbocycles. The van der Waals surface area contributed by atoms with Gasteiger partial charge in [-0.15, -0.1) is 0 Å². The summed E-state index contributed by atoms with van der Waals surface area (Å²) in [5, 5.41) is 1.41. The van der Waals surface area contributed by atoms with Gasteiger partial charge in [0.1, 0.15) is 0 Å². The molecule has 0 bridgehead atoms. The smallest absolute Gasteiger partial charge is 0.218 e. The standard InChI is InChI=1S/C23H42O2Si/c1-9-14-24-17-23(15-19(2)3,16-20(4)5)18-25-26(7,8)22-13-11-10-12-21(22)6/h10-13,19-20H,9,14-18H2,1-8H3. The van der Waals surface area contributed by atoms with Crippen LogP contribution in [0.1, 0.15) is 59.4 Å². The molecular weight excluding hydrogens is 336 g/mol. The van der Waals surface area contributed by atoms with Gasteiger partial charge in [0.15, 0.2) is 0 Å². The second kappa shape index (κ2) is 10.6. The molecular formula is C23H42O2Si. The Kier molecular flexibility index (Phi) is 9.56. The Balaban J connectivity index is 2.99. The number of hydrogen-bond donors (Lipinski definition) is 0. The SMILES string of the molecule is CCCOCC(CO[Si](C)(C)c1ccccc1C)(CC(C)C)CC(C)C. The lowest BCUT2D eigenvalue weighted by atomic mass is 9.75. The molecule has 0 aliphatic rings. The molecule has 2 nitrogen and oxygen atoms in total. The van der Waals surface area contributed by atoms with E-state index in [2.05, 4.69) is 78.9 Å². The van der Waals surface area contributed by atoms with Gasteiger partial charge < -0.3 is 9.16 Å². The molecule has 0 aliphatic carbocycles. The minimum Gasteiger partial charge on any atom is -0.412 e. The molecule has 3 heteroatoms. The molecule has 1 aromatic rings. The first-order valence-corrected chi connectivity index (χ1v) is 13.3. The van der Waals surface area contributed by atoms with Crippen LogP contribution in [0, 0.1) is 24.2 Å². The van der Waals surface area contributed by atoms with Crippen LogP contribution in [-0.4, -0.2) is 28.1 Å². The summed E-state index contributed by atoms with van der Waals surface area (Å²) in [5.74, 6) is 1.29. The zero-order chi connectivity index (χ0) is 19.8. The Labute approximate surface area is 163 Å². The van der Waals surface area contributed by atoms with E-state index in [-0.39, 0.29) is 5.41 Å². The van der Waals surface area contributed by atoms with Crippen LogP contribution in [0.3, 0.4) is 0 Å². The Hall–Kier alpha value is -0.643. The largest absolute Gasteiger partial charge is 0.412 e. The molecule has 0 aromatic heterocycles. The Bertz CT molecular complexity index is 513. The molecule has 0 saturated heterocycles. The van der Waals surface area contributed by atoms with Crippen molar-refractivity contribution >= 4 is 13.5 Å². The summed E-state index contributed by atoms with van der Waals surface area (Å²) in [6, 6.07) is 8.71. The zero-order valence-electron chi connectivity index (χ0n) is 18.5. The first kappa shape index (κ1) is 23.4. The van der Waals surface area contributed by atoms with E-state index < -0.39 is 8.32 Å². The minimum atomic E-state index is -1.94. The van der Waals surface area contributed by atoms with E-state index in [0.29, 0.717) is 11.8 Å². The molecule has 0 N–H and O–H groups in total. The van der Waals surface area contributed by atoms with Gasteiger partial charge in [0.05, 0.1) is 6.61 Å². The van der Waals surface area contributed by atoms with Crippen molar-refractivity contribution in [1.82, 2.24) is 0 Å². The van der Waals surface area contributed by atoms with Gasteiger partial charge in [-0.05, 0) is 61.9 Å². The van der Waals surface area contributed by atoms with E-state index >= 15 is 0 Å². The maximum absolute atomic E-state index is 6.75. The Morgan fingerprint density at radius 3 is 2.04 bits per heavy atom. The van der Waals surface area contributed by atoms with Crippen molar-refractivity contribution in [2.24, 2.45) is 17.3 Å². The van der Waals surface area contributed by atoms with Crippen LogP contribution in [0.2, 0.25) is 13.1 Å². The van der Waals surface area contributed by atoms with Crippen molar-refractivity contribution < 1.29 is 9.16 Å². The number of ether oxygens (including phenoxy) is 1. The third-order valence-electron chi connectivity index (χ3n) is 4.97. The van der Waals surface area contributed by atoms with Gasteiger partial charge in [-0.1, -0.05) is 58.9 Å². The molecule has 0 spiro atoms. The topological polar surface area (TPSA) is 18.5 Å². The molecule has 1 rings (SSSR count). The van der Waals surface area contributed by atoms with E-state index in [1.54, 1.807) is 0 Å². The Morgan fingerprint density at radius 1 is 0.962 bits per heavy atom. The fourth-order valence-electron chi connectivity index (χ4n) is 4.19. The number of aryl methyl sites for hydroxylation is 1. The van der Waals surface area contributed by atoms with Gasteiger partial charge in [0.25, 0.3) is 0 Å². The zero-order valence-corrected chi connectivity index (χ0v) is 19.5. The van der Waals surface area contributed by atoms with E-state index in [1.807, 2.05) is 0 Å². The number of benzene rings is 1. The summed E-state index contributed by atoms with van der Waals surface area (Å²) in [4.78, 5) is 0. The van der Waals surface area contributed by atoms with Gasteiger partial charge in [-0.2, -0.15) is 0 Å². The fourth-order valence-corrected chi connectivity index (χ4v) is 6.54. The maximum Gasteiger partial charge on any atom is 0.218 e. The third kappa shape index (κ3) is 7.54. The van der Waals surface area contributed by atoms with Crippen molar-refractivity contribution in [2.75, 3.05) is 19.8 Å². The molecule has 0 amide bonds. The van der Waals surface area contributed by atoms with E-state index in [9.17, 15) is 0 Å².